The van der Waals surface area contributed by atoms with E-state index in [0.29, 0.717) is 17.2 Å². The lowest BCUT2D eigenvalue weighted by atomic mass is 10.00. The maximum atomic E-state index is 12.6. The number of hydrazone groups is 1. The number of amides is 1. The van der Waals surface area contributed by atoms with Gasteiger partial charge >= 0.3 is 0 Å². The Bertz CT molecular complexity index is 1120. The van der Waals surface area contributed by atoms with Crippen LogP contribution in [0.15, 0.2) is 60.0 Å². The van der Waals surface area contributed by atoms with Gasteiger partial charge in [0, 0.05) is 36.3 Å². The van der Waals surface area contributed by atoms with E-state index in [2.05, 4.69) is 43.3 Å². The number of nitrogens with one attached hydrogen (secondary N) is 3. The molecule has 0 aliphatic carbocycles. The van der Waals surface area contributed by atoms with Crippen LogP contribution in [0.4, 0.5) is 5.69 Å². The lowest BCUT2D eigenvalue weighted by Crippen LogP contribution is -2.54. The molecular weight excluding hydrogens is 468 g/mol. The van der Waals surface area contributed by atoms with E-state index < -0.39 is 0 Å². The Balaban J connectivity index is 1.17. The molecule has 3 unspecified atom stereocenters. The third-order valence-electron chi connectivity index (χ3n) is 6.19. The maximum Gasteiger partial charge on any atom is 0.234 e. The third kappa shape index (κ3) is 4.82. The van der Waals surface area contributed by atoms with Crippen LogP contribution in [0.1, 0.15) is 18.0 Å². The fourth-order valence-electron chi connectivity index (χ4n) is 4.41. The molecule has 11 heteroatoms. The van der Waals surface area contributed by atoms with Crippen LogP contribution in [-0.2, 0) is 4.79 Å². The number of methoxy groups -OCH3 is 3. The second-order valence-electron chi connectivity index (χ2n) is 8.28. The van der Waals surface area contributed by atoms with Gasteiger partial charge in [-0.05, 0) is 24.1 Å². The Kier molecular flexibility index (Phi) is 6.60. The van der Waals surface area contributed by atoms with Crippen molar-refractivity contribution in [3.05, 3.63) is 60.4 Å². The lowest BCUT2D eigenvalue weighted by Gasteiger charge is -2.36. The Labute approximate surface area is 208 Å². The summed E-state index contributed by atoms with van der Waals surface area (Å²) in [6.07, 6.45) is 4.91. The number of anilines is 1. The molecule has 0 bridgehead atoms. The Hall–Kier alpha value is -3.57. The van der Waals surface area contributed by atoms with Gasteiger partial charge in [0.1, 0.15) is 23.4 Å². The maximum absolute atomic E-state index is 12.6. The molecule has 3 aliphatic rings. The van der Waals surface area contributed by atoms with Crippen LogP contribution in [0.25, 0.3) is 0 Å². The molecule has 1 amide bonds. The van der Waals surface area contributed by atoms with Crippen LogP contribution < -0.4 is 30.4 Å². The van der Waals surface area contributed by atoms with E-state index in [-0.39, 0.29) is 29.9 Å². The molecule has 2 aromatic carbocycles. The number of hydrogen-bond acceptors (Lipinski definition) is 10. The van der Waals surface area contributed by atoms with Crippen LogP contribution in [0.2, 0.25) is 0 Å². The first-order valence-corrected chi connectivity index (χ1v) is 12.2. The minimum atomic E-state index is -0.138. The normalized spacial score (nSPS) is 22.1. The first-order chi connectivity index (χ1) is 17.1. The third-order valence-corrected chi connectivity index (χ3v) is 7.16. The van der Waals surface area contributed by atoms with E-state index in [0.717, 1.165) is 17.3 Å². The fraction of sp³-hybridized carbons (Fsp3) is 0.333. The number of ether oxygens (including phenoxy) is 3. The van der Waals surface area contributed by atoms with E-state index in [4.69, 9.17) is 14.2 Å². The minimum absolute atomic E-state index is 0.0102. The molecule has 1 fully saturated rings. The Morgan fingerprint density at radius 3 is 2.46 bits per heavy atom. The van der Waals surface area contributed by atoms with Gasteiger partial charge < -0.3 is 29.4 Å². The van der Waals surface area contributed by atoms with Gasteiger partial charge in [0.25, 0.3) is 0 Å². The van der Waals surface area contributed by atoms with Gasteiger partial charge in [-0.1, -0.05) is 23.9 Å². The van der Waals surface area contributed by atoms with Gasteiger partial charge in [-0.25, -0.2) is 5.43 Å². The summed E-state index contributed by atoms with van der Waals surface area (Å²) in [4.78, 5) is 14.7. The molecule has 10 nitrogen and oxygen atoms in total. The summed E-state index contributed by atoms with van der Waals surface area (Å²) < 4.78 is 15.8. The van der Waals surface area contributed by atoms with E-state index >= 15 is 0 Å². The smallest absolute Gasteiger partial charge is 0.234 e. The second-order valence-corrected chi connectivity index (χ2v) is 9.22. The monoisotopic (exact) mass is 496 g/mol. The van der Waals surface area contributed by atoms with Crippen molar-refractivity contribution < 1.29 is 19.0 Å². The fourth-order valence-corrected chi connectivity index (χ4v) is 5.18. The predicted molar refractivity (Wildman–Crippen MR) is 135 cm³/mol. The number of thioether (sulfide) groups is 1. The minimum Gasteiger partial charge on any atom is -0.497 e. The Morgan fingerprint density at radius 2 is 1.77 bits per heavy atom. The summed E-state index contributed by atoms with van der Waals surface area (Å²) in [7, 11) is 4.82. The molecule has 3 N–H and O–H groups in total. The summed E-state index contributed by atoms with van der Waals surface area (Å²) in [5, 5.41) is 10.3. The van der Waals surface area contributed by atoms with Crippen LogP contribution in [-0.4, -0.2) is 60.3 Å². The van der Waals surface area contributed by atoms with Crippen LogP contribution in [0, 0.1) is 0 Å². The van der Waals surface area contributed by atoms with Crippen molar-refractivity contribution in [3.8, 4) is 17.2 Å². The highest BCUT2D eigenvalue weighted by molar-refractivity contribution is 8.14. The number of nitrogens with zero attached hydrogens (tertiary/aromatic N) is 3. The SMILES string of the molecule is COc1ccc(C2CC3C4NN=C(SCC(=O)Nc5cc(OC)cc(OC)c5)N4C=CN3N2)cc1. The molecule has 2 aromatic rings. The molecule has 3 atom stereocenters. The standard InChI is InChI=1S/C24H28N6O4S/c1-32-17-6-4-15(5-7-17)20-13-21-23-26-27-24(29(23)8-9-30(21)28-20)35-14-22(31)25-16-10-18(33-2)12-19(11-16)34-3/h4-12,20-21,23,26,28H,13-14H2,1-3H3,(H,25,31). The molecule has 184 valence electrons. The van der Waals surface area contributed by atoms with Crippen molar-refractivity contribution in [1.29, 1.82) is 0 Å². The number of hydrazine groups is 1. The zero-order valence-electron chi connectivity index (χ0n) is 19.7. The molecular formula is C24H28N6O4S. The van der Waals surface area contributed by atoms with E-state index in [1.54, 1.807) is 39.5 Å². The zero-order chi connectivity index (χ0) is 24.4. The van der Waals surface area contributed by atoms with Crippen molar-refractivity contribution in [2.75, 3.05) is 32.4 Å². The van der Waals surface area contributed by atoms with Gasteiger partial charge in [-0.15, -0.1) is 0 Å². The molecule has 1 saturated heterocycles. The molecule has 0 spiro atoms. The topological polar surface area (TPSA) is 99.7 Å². The van der Waals surface area contributed by atoms with Crippen LogP contribution >= 0.6 is 11.8 Å². The molecule has 0 radical (unpaired) electrons. The first kappa shape index (κ1) is 23.2. The quantitative estimate of drug-likeness (QED) is 0.534. The van der Waals surface area contributed by atoms with Gasteiger partial charge in [0.05, 0.1) is 39.2 Å². The molecule has 0 aromatic heterocycles. The number of rotatable bonds is 7. The second kappa shape index (κ2) is 9.96. The van der Waals surface area contributed by atoms with Crippen LogP contribution in [0.5, 0.6) is 17.2 Å². The average Bonchev–Trinajstić information content (AvgIpc) is 3.51. The van der Waals surface area contributed by atoms with Crippen molar-refractivity contribution in [2.24, 2.45) is 5.10 Å². The zero-order valence-corrected chi connectivity index (χ0v) is 20.5. The van der Waals surface area contributed by atoms with Gasteiger partial charge in [-0.3, -0.25) is 10.2 Å². The summed E-state index contributed by atoms with van der Waals surface area (Å²) >= 11 is 1.39. The molecule has 5 rings (SSSR count). The highest BCUT2D eigenvalue weighted by Crippen LogP contribution is 2.35. The number of amidine groups is 1. The number of carbonyl (C=O) groups is 1. The molecule has 35 heavy (non-hydrogen) atoms. The van der Waals surface area contributed by atoms with Crippen LogP contribution in [0.3, 0.4) is 0 Å². The Morgan fingerprint density at radius 1 is 1.06 bits per heavy atom. The predicted octanol–water partition coefficient (Wildman–Crippen LogP) is 2.69. The largest absolute Gasteiger partial charge is 0.497 e. The average molecular weight is 497 g/mol. The number of carbonyl (C=O) groups excluding carboxylic acids is 1. The van der Waals surface area contributed by atoms with E-state index in [1.165, 1.54) is 17.3 Å². The first-order valence-electron chi connectivity index (χ1n) is 11.2. The van der Waals surface area contributed by atoms with Gasteiger partial charge in [0.15, 0.2) is 5.17 Å². The summed E-state index contributed by atoms with van der Waals surface area (Å²) in [6.45, 7) is 0. The van der Waals surface area contributed by atoms with Gasteiger partial charge in [-0.2, -0.15) is 5.10 Å². The van der Waals surface area contributed by atoms with E-state index in [1.807, 2.05) is 24.5 Å². The lowest BCUT2D eigenvalue weighted by molar-refractivity contribution is -0.113. The highest BCUT2D eigenvalue weighted by atomic mass is 32.2. The molecule has 3 aliphatic heterocycles. The number of fused-ring (bicyclic) bond motifs is 3. The molecule has 0 saturated carbocycles. The molecule has 3 heterocycles. The number of hydrogen-bond donors (Lipinski definition) is 3. The van der Waals surface area contributed by atoms with Gasteiger partial charge in [0.2, 0.25) is 5.91 Å². The summed E-state index contributed by atoms with van der Waals surface area (Å²) in [5.74, 6) is 2.15. The number of benzene rings is 2. The summed E-state index contributed by atoms with van der Waals surface area (Å²) in [6, 6.07) is 13.8. The van der Waals surface area contributed by atoms with Crippen molar-refractivity contribution in [2.45, 2.75) is 24.7 Å². The van der Waals surface area contributed by atoms with Crippen molar-refractivity contribution >= 4 is 28.5 Å². The van der Waals surface area contributed by atoms with Crippen molar-refractivity contribution in [3.63, 3.8) is 0 Å². The highest BCUT2D eigenvalue weighted by Gasteiger charge is 2.44. The van der Waals surface area contributed by atoms with E-state index in [9.17, 15) is 4.79 Å². The van der Waals surface area contributed by atoms with Crippen molar-refractivity contribution in [1.82, 2.24) is 20.8 Å². The summed E-state index contributed by atoms with van der Waals surface area (Å²) in [5.41, 5.74) is 8.64.